The van der Waals surface area contributed by atoms with Crippen LogP contribution in [0.4, 0.5) is 0 Å². The summed E-state index contributed by atoms with van der Waals surface area (Å²) in [5.41, 5.74) is 0. The van der Waals surface area contributed by atoms with Gasteiger partial charge in [-0.3, -0.25) is 15.1 Å². The van der Waals surface area contributed by atoms with Gasteiger partial charge in [-0.1, -0.05) is 0 Å². The first-order valence-corrected chi connectivity index (χ1v) is 10.6. The third-order valence-corrected chi connectivity index (χ3v) is 5.29. The van der Waals surface area contributed by atoms with Crippen LogP contribution in [0.5, 0.6) is 0 Å². The van der Waals surface area contributed by atoms with E-state index in [2.05, 4.69) is 15.2 Å². The van der Waals surface area contributed by atoms with Crippen LogP contribution in [-0.2, 0) is 12.3 Å². The van der Waals surface area contributed by atoms with Crippen molar-refractivity contribution < 1.29 is 9.34 Å². The average Bonchev–Trinajstić information content (AvgIpc) is 3.07. The molecular formula is C18H32N6O3S. The molecule has 1 saturated heterocycles. The van der Waals surface area contributed by atoms with Gasteiger partial charge in [0.15, 0.2) is 5.84 Å². The number of likely N-dealkylation sites (N-methyl/N-ethyl adjacent to an activating group) is 1. The number of rotatable bonds is 10. The molecule has 1 N–H and O–H groups in total. The van der Waals surface area contributed by atoms with Crippen LogP contribution in [0.2, 0.25) is 0 Å². The zero-order chi connectivity index (χ0) is 20.5. The second-order valence-corrected chi connectivity index (χ2v) is 8.34. The first-order valence-electron chi connectivity index (χ1n) is 9.48. The van der Waals surface area contributed by atoms with Gasteiger partial charge < -0.3 is 19.5 Å². The molecule has 28 heavy (non-hydrogen) atoms. The summed E-state index contributed by atoms with van der Waals surface area (Å²) >= 11 is 1.72. The molecule has 0 bridgehead atoms. The third kappa shape index (κ3) is 7.08. The number of aliphatic imine (C=N–C) groups is 1. The van der Waals surface area contributed by atoms with Gasteiger partial charge in [-0.15, -0.1) is 0 Å². The number of hydrogen-bond acceptors (Lipinski definition) is 8. The Labute approximate surface area is 171 Å². The highest BCUT2D eigenvalue weighted by atomic mass is 32.2. The average molecular weight is 413 g/mol. The molecule has 2 heterocycles. The van der Waals surface area contributed by atoms with Crippen molar-refractivity contribution in [3.63, 3.8) is 0 Å². The molecule has 0 saturated carbocycles. The van der Waals surface area contributed by atoms with Crippen molar-refractivity contribution >= 4 is 17.6 Å². The van der Waals surface area contributed by atoms with Crippen LogP contribution in [0.3, 0.4) is 0 Å². The Morgan fingerprint density at radius 3 is 2.61 bits per heavy atom. The van der Waals surface area contributed by atoms with Crippen LogP contribution in [0.1, 0.15) is 11.5 Å². The summed E-state index contributed by atoms with van der Waals surface area (Å²) in [6.45, 7) is 4.16. The lowest BCUT2D eigenvalue weighted by atomic mass is 10.3. The minimum atomic E-state index is -0.888. The number of thioether (sulfide) groups is 1. The predicted molar refractivity (Wildman–Crippen MR) is 113 cm³/mol. The fraction of sp³-hybridized carbons (Fsp3) is 0.722. The molecule has 1 aromatic rings. The van der Waals surface area contributed by atoms with Gasteiger partial charge in [0.05, 0.1) is 18.8 Å². The van der Waals surface area contributed by atoms with Crippen LogP contribution in [0.15, 0.2) is 21.5 Å². The van der Waals surface area contributed by atoms with Gasteiger partial charge in [-0.05, 0) is 26.2 Å². The fourth-order valence-corrected chi connectivity index (χ4v) is 3.79. The molecular weight excluding hydrogens is 380 g/mol. The molecule has 1 fully saturated rings. The first kappa shape index (κ1) is 22.7. The van der Waals surface area contributed by atoms with E-state index in [0.717, 1.165) is 42.7 Å². The maximum Gasteiger partial charge on any atom is 0.325 e. The molecule has 0 aromatic carbocycles. The number of piperazine rings is 1. The van der Waals surface area contributed by atoms with E-state index in [0.29, 0.717) is 25.5 Å². The van der Waals surface area contributed by atoms with Crippen molar-refractivity contribution in [2.75, 3.05) is 66.7 Å². The van der Waals surface area contributed by atoms with Crippen LogP contribution >= 0.6 is 11.8 Å². The molecule has 10 heteroatoms. The maximum atomic E-state index is 11.7. The Bertz CT molecular complexity index is 643. The molecule has 1 aliphatic heterocycles. The molecule has 2 rings (SSSR count). The van der Waals surface area contributed by atoms with Crippen molar-refractivity contribution in [3.8, 4) is 0 Å². The summed E-state index contributed by atoms with van der Waals surface area (Å²) in [4.78, 5) is 21.8. The molecule has 1 unspecified atom stereocenters. The summed E-state index contributed by atoms with van der Waals surface area (Å²) in [5, 5.41) is 14.9. The molecule has 1 aromatic heterocycles. The standard InChI is InChI=1S/C18H32N6O3S/c1-21(2)13-15-5-6-16(27-15)14-28-12-9-20-17(22(3)4)18(24(25)26)23-10-7-19-8-11-23/h5-6,18-19H,7-14H2,1-4H3. The second-order valence-electron chi connectivity index (χ2n) is 7.24. The van der Waals surface area contributed by atoms with Crippen LogP contribution in [0.25, 0.3) is 0 Å². The molecule has 1 atom stereocenters. The normalized spacial score (nSPS) is 17.1. The van der Waals surface area contributed by atoms with Gasteiger partial charge in [0.2, 0.25) is 0 Å². The number of furan rings is 1. The zero-order valence-corrected chi connectivity index (χ0v) is 18.1. The summed E-state index contributed by atoms with van der Waals surface area (Å²) in [7, 11) is 7.66. The predicted octanol–water partition coefficient (Wildman–Crippen LogP) is 1.04. The molecule has 0 spiro atoms. The Hall–Kier alpha value is -1.62. The quantitative estimate of drug-likeness (QED) is 0.200. The lowest BCUT2D eigenvalue weighted by molar-refractivity contribution is -0.531. The molecule has 0 aliphatic carbocycles. The number of nitrogens with zero attached hydrogens (tertiary/aromatic N) is 5. The van der Waals surface area contributed by atoms with E-state index in [1.807, 2.05) is 45.2 Å². The maximum absolute atomic E-state index is 11.7. The van der Waals surface area contributed by atoms with Gasteiger partial charge in [0.25, 0.3) is 0 Å². The minimum Gasteiger partial charge on any atom is -0.464 e. The van der Waals surface area contributed by atoms with E-state index in [1.54, 1.807) is 16.7 Å². The van der Waals surface area contributed by atoms with Gasteiger partial charge in [0, 0.05) is 51.0 Å². The van der Waals surface area contributed by atoms with Gasteiger partial charge in [-0.2, -0.15) is 11.8 Å². The van der Waals surface area contributed by atoms with E-state index in [-0.39, 0.29) is 4.92 Å². The number of amidine groups is 1. The molecule has 158 valence electrons. The van der Waals surface area contributed by atoms with Gasteiger partial charge >= 0.3 is 6.17 Å². The number of nitrogens with one attached hydrogen (secondary N) is 1. The Balaban J connectivity index is 1.87. The lowest BCUT2D eigenvalue weighted by Crippen LogP contribution is -2.57. The van der Waals surface area contributed by atoms with E-state index in [9.17, 15) is 10.1 Å². The molecule has 9 nitrogen and oxygen atoms in total. The third-order valence-electron chi connectivity index (χ3n) is 4.33. The van der Waals surface area contributed by atoms with E-state index < -0.39 is 6.17 Å². The lowest BCUT2D eigenvalue weighted by Gasteiger charge is -2.31. The van der Waals surface area contributed by atoms with Gasteiger partial charge in [-0.25, -0.2) is 4.90 Å². The topological polar surface area (TPSA) is 90.4 Å². The van der Waals surface area contributed by atoms with E-state index >= 15 is 0 Å². The SMILES string of the molecule is CN(C)Cc1ccc(CSCCN=C(C(N2CCNCC2)[N+](=O)[O-])N(C)C)o1. The Morgan fingerprint density at radius 1 is 1.32 bits per heavy atom. The van der Waals surface area contributed by atoms with Crippen molar-refractivity contribution in [1.82, 2.24) is 20.0 Å². The second kappa shape index (κ2) is 11.4. The largest absolute Gasteiger partial charge is 0.464 e. The Morgan fingerprint density at radius 2 is 2.00 bits per heavy atom. The van der Waals surface area contributed by atoms with Crippen molar-refractivity contribution in [2.24, 2.45) is 4.99 Å². The first-order chi connectivity index (χ1) is 13.4. The molecule has 0 radical (unpaired) electrons. The molecule has 0 amide bonds. The van der Waals surface area contributed by atoms with E-state index in [4.69, 9.17) is 4.42 Å². The highest BCUT2D eigenvalue weighted by Gasteiger charge is 2.36. The van der Waals surface area contributed by atoms with Gasteiger partial charge in [0.1, 0.15) is 11.5 Å². The van der Waals surface area contributed by atoms with Crippen molar-refractivity contribution in [2.45, 2.75) is 18.5 Å². The number of hydrogen-bond donors (Lipinski definition) is 1. The smallest absolute Gasteiger partial charge is 0.325 e. The van der Waals surface area contributed by atoms with E-state index in [1.165, 1.54) is 0 Å². The fourth-order valence-electron chi connectivity index (χ4n) is 3.07. The monoisotopic (exact) mass is 412 g/mol. The highest BCUT2D eigenvalue weighted by molar-refractivity contribution is 7.98. The summed E-state index contributed by atoms with van der Waals surface area (Å²) in [6.07, 6.45) is -0.888. The highest BCUT2D eigenvalue weighted by Crippen LogP contribution is 2.16. The van der Waals surface area contributed by atoms with Crippen LogP contribution in [0, 0.1) is 10.1 Å². The minimum absolute atomic E-state index is 0.230. The van der Waals surface area contributed by atoms with Crippen molar-refractivity contribution in [3.05, 3.63) is 33.8 Å². The number of nitro groups is 1. The summed E-state index contributed by atoms with van der Waals surface area (Å²) in [6, 6.07) is 4.01. The summed E-state index contributed by atoms with van der Waals surface area (Å²) < 4.78 is 5.80. The Kier molecular flexibility index (Phi) is 9.23. The van der Waals surface area contributed by atoms with Crippen LogP contribution in [-0.4, -0.2) is 98.3 Å². The van der Waals surface area contributed by atoms with Crippen molar-refractivity contribution in [1.29, 1.82) is 0 Å². The zero-order valence-electron chi connectivity index (χ0n) is 17.3. The van der Waals surface area contributed by atoms with Crippen LogP contribution < -0.4 is 5.32 Å². The summed E-state index contributed by atoms with van der Waals surface area (Å²) in [5.74, 6) is 3.98. The molecule has 1 aliphatic rings.